The van der Waals surface area contributed by atoms with Crippen molar-refractivity contribution in [2.45, 2.75) is 231 Å². The highest BCUT2D eigenvalue weighted by molar-refractivity contribution is 5.80. The molecule has 4 rings (SSSR count). The van der Waals surface area contributed by atoms with Crippen molar-refractivity contribution in [1.29, 1.82) is 0 Å². The second kappa shape index (κ2) is 32.2. The molecular weight excluding hydrogens is 821 g/mol. The first kappa shape index (κ1) is 53.1. The maximum absolute atomic E-state index is 12.9. The minimum Gasteiger partial charge on any atom is -0.462 e. The summed E-state index contributed by atoms with van der Waals surface area (Å²) in [5, 5.41) is 0. The largest absolute Gasteiger partial charge is 0.462 e. The molecule has 0 aromatic carbocycles. The summed E-state index contributed by atoms with van der Waals surface area (Å²) in [5.41, 5.74) is 0. The second-order valence-electron chi connectivity index (χ2n) is 19.4. The molecule has 0 amide bonds. The molecule has 0 heterocycles. The van der Waals surface area contributed by atoms with Gasteiger partial charge < -0.3 is 28.4 Å². The molecule has 0 radical (unpaired) electrons. The smallest absolute Gasteiger partial charge is 0.306 e. The summed E-state index contributed by atoms with van der Waals surface area (Å²) in [4.78, 5) is 88.8. The predicted molar refractivity (Wildman–Crippen MR) is 240 cm³/mol. The van der Waals surface area contributed by atoms with Gasteiger partial charge in [0.15, 0.2) is 12.2 Å². The summed E-state index contributed by atoms with van der Waals surface area (Å²) < 4.78 is 33.1. The first-order chi connectivity index (χ1) is 31.1. The fourth-order valence-corrected chi connectivity index (χ4v) is 9.93. The summed E-state index contributed by atoms with van der Waals surface area (Å²) in [5.74, 6) is -0.692. The van der Waals surface area contributed by atoms with E-state index in [-0.39, 0.29) is 94.6 Å². The van der Waals surface area contributed by atoms with Crippen molar-refractivity contribution in [3.05, 3.63) is 0 Å². The van der Waals surface area contributed by atoms with Crippen LogP contribution in [-0.2, 0) is 62.0 Å². The van der Waals surface area contributed by atoms with E-state index in [9.17, 15) is 33.6 Å². The van der Waals surface area contributed by atoms with Gasteiger partial charge in [-0.05, 0) is 62.2 Å². The van der Waals surface area contributed by atoms with E-state index < -0.39 is 24.1 Å². The van der Waals surface area contributed by atoms with Gasteiger partial charge in [-0.1, -0.05) is 128 Å². The molecule has 0 unspecified atom stereocenters. The van der Waals surface area contributed by atoms with Gasteiger partial charge in [0.05, 0.1) is 0 Å². The van der Waals surface area contributed by atoms with Crippen LogP contribution < -0.4 is 0 Å². The minimum atomic E-state index is -0.953. The summed E-state index contributed by atoms with van der Waals surface area (Å²) in [6, 6.07) is 0. The van der Waals surface area contributed by atoms with Crippen LogP contribution in [0, 0.1) is 23.7 Å². The predicted octanol–water partition coefficient (Wildman–Crippen LogP) is 10.3. The van der Waals surface area contributed by atoms with Crippen LogP contribution >= 0.6 is 0 Å². The lowest BCUT2D eigenvalue weighted by atomic mass is 9.86. The Morgan fingerprint density at radius 3 is 0.812 bits per heavy atom. The lowest BCUT2D eigenvalue weighted by Crippen LogP contribution is -2.31. The zero-order valence-electron chi connectivity index (χ0n) is 39.1. The molecule has 4 aliphatic carbocycles. The normalized spacial score (nSPS) is 18.0. The Morgan fingerprint density at radius 1 is 0.312 bits per heavy atom. The highest BCUT2D eigenvalue weighted by Gasteiger charge is 2.25. The third kappa shape index (κ3) is 24.7. The maximum Gasteiger partial charge on any atom is 0.306 e. The number of esters is 6. The van der Waals surface area contributed by atoms with Crippen molar-refractivity contribution in [2.24, 2.45) is 23.7 Å². The zero-order valence-corrected chi connectivity index (χ0v) is 39.1. The standard InChI is InChI=1S/C51H82O13/c52-43(23-13-25-50(57)63-44(35-59-46(53)31-27-39-15-5-1-6-16-39)36-60-47(54)32-28-40-17-7-2-8-18-40)24-14-26-51(58)64-45(37-61-48(55)33-29-41-19-9-3-10-20-41)38-62-49(56)34-30-42-21-11-4-12-22-42/h39-42,44-45H,1-38H2. The van der Waals surface area contributed by atoms with Crippen molar-refractivity contribution in [3.63, 3.8) is 0 Å². The third-order valence-corrected chi connectivity index (χ3v) is 13.9. The second-order valence-corrected chi connectivity index (χ2v) is 19.4. The Labute approximate surface area is 383 Å². The zero-order chi connectivity index (χ0) is 45.6. The molecule has 0 aromatic rings. The Bertz CT molecular complexity index is 1210. The van der Waals surface area contributed by atoms with E-state index in [1.807, 2.05) is 0 Å². The number of ether oxygens (including phenoxy) is 6. The topological polar surface area (TPSA) is 175 Å². The first-order valence-corrected chi connectivity index (χ1v) is 25.6. The average molecular weight is 903 g/mol. The molecule has 4 fully saturated rings. The SMILES string of the molecule is O=C(CCCC(=O)OC(COC(=O)CCC1CCCCC1)COC(=O)CCC1CCCCC1)CCCC(=O)OC(COC(=O)CCC1CCCCC1)COC(=O)CCC1CCCCC1. The van der Waals surface area contributed by atoms with Gasteiger partial charge in [0.2, 0.25) is 0 Å². The highest BCUT2D eigenvalue weighted by Crippen LogP contribution is 2.30. The molecule has 0 spiro atoms. The molecule has 0 aromatic heterocycles. The molecule has 4 saturated carbocycles. The molecule has 0 bridgehead atoms. The van der Waals surface area contributed by atoms with E-state index in [2.05, 4.69) is 0 Å². The molecular formula is C51H82O13. The molecule has 364 valence electrons. The van der Waals surface area contributed by atoms with Crippen LogP contribution in [0.4, 0.5) is 0 Å². The van der Waals surface area contributed by atoms with Gasteiger partial charge in [0, 0.05) is 51.4 Å². The van der Waals surface area contributed by atoms with Gasteiger partial charge in [-0.3, -0.25) is 33.6 Å². The van der Waals surface area contributed by atoms with E-state index >= 15 is 0 Å². The van der Waals surface area contributed by atoms with Crippen molar-refractivity contribution in [3.8, 4) is 0 Å². The van der Waals surface area contributed by atoms with Gasteiger partial charge in [0.1, 0.15) is 32.2 Å². The summed E-state index contributed by atoms with van der Waals surface area (Å²) in [6.45, 7) is -0.862. The Hall–Kier alpha value is -3.51. The van der Waals surface area contributed by atoms with E-state index in [4.69, 9.17) is 28.4 Å². The number of Topliss-reactive ketones (excluding diaryl/α,β-unsaturated/α-hetero) is 1. The van der Waals surface area contributed by atoms with Crippen LogP contribution in [0.25, 0.3) is 0 Å². The van der Waals surface area contributed by atoms with Crippen molar-refractivity contribution >= 4 is 41.6 Å². The van der Waals surface area contributed by atoms with Gasteiger partial charge in [-0.15, -0.1) is 0 Å². The molecule has 0 N–H and O–H groups in total. The van der Waals surface area contributed by atoms with Crippen LogP contribution in [0.5, 0.6) is 0 Å². The Morgan fingerprint density at radius 2 is 0.562 bits per heavy atom. The molecule has 0 saturated heterocycles. The highest BCUT2D eigenvalue weighted by atomic mass is 16.6. The molecule has 0 aliphatic heterocycles. The Balaban J connectivity index is 1.14. The first-order valence-electron chi connectivity index (χ1n) is 25.6. The number of carbonyl (C=O) groups is 7. The minimum absolute atomic E-state index is 0.0596. The van der Waals surface area contributed by atoms with Crippen LogP contribution in [0.15, 0.2) is 0 Å². The van der Waals surface area contributed by atoms with Gasteiger partial charge in [-0.25, -0.2) is 0 Å². The average Bonchev–Trinajstić information content (AvgIpc) is 3.31. The number of rotatable bonds is 30. The van der Waals surface area contributed by atoms with Crippen LogP contribution in [0.1, 0.15) is 218 Å². The van der Waals surface area contributed by atoms with Crippen LogP contribution in [0.3, 0.4) is 0 Å². The van der Waals surface area contributed by atoms with E-state index in [0.717, 1.165) is 77.0 Å². The van der Waals surface area contributed by atoms with E-state index in [1.165, 1.54) is 77.0 Å². The molecule has 0 atom stereocenters. The van der Waals surface area contributed by atoms with Gasteiger partial charge >= 0.3 is 35.8 Å². The number of hydrogen-bond acceptors (Lipinski definition) is 13. The van der Waals surface area contributed by atoms with Crippen molar-refractivity contribution in [2.75, 3.05) is 26.4 Å². The van der Waals surface area contributed by atoms with Crippen molar-refractivity contribution in [1.82, 2.24) is 0 Å². The van der Waals surface area contributed by atoms with Crippen molar-refractivity contribution < 1.29 is 62.0 Å². The number of carbonyl (C=O) groups excluding carboxylic acids is 7. The third-order valence-electron chi connectivity index (χ3n) is 13.9. The lowest BCUT2D eigenvalue weighted by molar-refractivity contribution is -0.167. The van der Waals surface area contributed by atoms with Gasteiger partial charge in [-0.2, -0.15) is 0 Å². The Kier molecular flexibility index (Phi) is 26.7. The van der Waals surface area contributed by atoms with Gasteiger partial charge in [0.25, 0.3) is 0 Å². The monoisotopic (exact) mass is 903 g/mol. The molecule has 64 heavy (non-hydrogen) atoms. The van der Waals surface area contributed by atoms with E-state index in [1.54, 1.807) is 0 Å². The number of ketones is 1. The lowest BCUT2D eigenvalue weighted by Gasteiger charge is -2.22. The molecule has 4 aliphatic rings. The summed E-state index contributed by atoms with van der Waals surface area (Å²) >= 11 is 0. The van der Waals surface area contributed by atoms with E-state index in [0.29, 0.717) is 49.4 Å². The quantitative estimate of drug-likeness (QED) is 0.0492. The molecule has 13 nitrogen and oxygen atoms in total. The number of hydrogen-bond donors (Lipinski definition) is 0. The van der Waals surface area contributed by atoms with Crippen LogP contribution in [-0.4, -0.2) is 80.2 Å². The fourth-order valence-electron chi connectivity index (χ4n) is 9.93. The van der Waals surface area contributed by atoms with Crippen LogP contribution in [0.2, 0.25) is 0 Å². The fraction of sp³-hybridized carbons (Fsp3) is 0.863. The maximum atomic E-state index is 12.9. The summed E-state index contributed by atoms with van der Waals surface area (Å²) in [7, 11) is 0. The molecule has 13 heteroatoms. The summed E-state index contributed by atoms with van der Waals surface area (Å²) in [6.07, 6.45) is 26.3.